The van der Waals surface area contributed by atoms with Gasteiger partial charge < -0.3 is 5.32 Å². The lowest BCUT2D eigenvalue weighted by Gasteiger charge is -2.08. The van der Waals surface area contributed by atoms with Gasteiger partial charge in [-0.2, -0.15) is 0 Å². The Kier molecular flexibility index (Phi) is 6.82. The molecule has 0 radical (unpaired) electrons. The molecule has 0 fully saturated rings. The van der Waals surface area contributed by atoms with E-state index in [2.05, 4.69) is 19.2 Å². The quantitative estimate of drug-likeness (QED) is 0.653. The van der Waals surface area contributed by atoms with Crippen LogP contribution < -0.4 is 5.32 Å². The third kappa shape index (κ3) is 6.20. The zero-order valence-corrected chi connectivity index (χ0v) is 8.52. The van der Waals surface area contributed by atoms with Crippen LogP contribution in [0.15, 0.2) is 0 Å². The van der Waals surface area contributed by atoms with E-state index in [9.17, 15) is 4.79 Å². The fraction of sp³-hybridized carbons (Fsp3) is 0.900. The molecule has 0 aliphatic heterocycles. The van der Waals surface area contributed by atoms with Crippen LogP contribution in [0.3, 0.4) is 0 Å². The zero-order chi connectivity index (χ0) is 9.40. The van der Waals surface area contributed by atoms with Crippen molar-refractivity contribution in [2.24, 2.45) is 5.92 Å². The molecule has 1 amide bonds. The van der Waals surface area contributed by atoms with E-state index in [0.29, 0.717) is 6.42 Å². The molecule has 0 aromatic carbocycles. The summed E-state index contributed by atoms with van der Waals surface area (Å²) in [6.07, 6.45) is 3.91. The number of hydrogen-bond acceptors (Lipinski definition) is 1. The molecule has 72 valence electrons. The van der Waals surface area contributed by atoms with E-state index in [1.165, 1.54) is 6.42 Å². The zero-order valence-electron chi connectivity index (χ0n) is 8.52. The van der Waals surface area contributed by atoms with Crippen LogP contribution in [0, 0.1) is 5.92 Å². The van der Waals surface area contributed by atoms with E-state index < -0.39 is 0 Å². The maximum absolute atomic E-state index is 11.0. The molecule has 0 saturated heterocycles. The van der Waals surface area contributed by atoms with Crippen LogP contribution >= 0.6 is 0 Å². The number of hydrogen-bond donors (Lipinski definition) is 1. The molecule has 1 atom stereocenters. The molecule has 0 saturated carbocycles. The van der Waals surface area contributed by atoms with E-state index in [0.717, 1.165) is 25.3 Å². The largest absolute Gasteiger partial charge is 0.356 e. The molecule has 0 aliphatic carbocycles. The SMILES string of the molecule is CCCC(=O)NCCC(C)CC. The summed E-state index contributed by atoms with van der Waals surface area (Å²) in [5, 5.41) is 2.91. The first-order chi connectivity index (χ1) is 5.70. The summed E-state index contributed by atoms with van der Waals surface area (Å²) in [7, 11) is 0. The number of rotatable bonds is 6. The van der Waals surface area contributed by atoms with Gasteiger partial charge in [0.1, 0.15) is 0 Å². The Bertz CT molecular complexity index is 123. The summed E-state index contributed by atoms with van der Waals surface area (Å²) in [4.78, 5) is 11.0. The smallest absolute Gasteiger partial charge is 0.219 e. The van der Waals surface area contributed by atoms with Crippen molar-refractivity contribution in [2.45, 2.75) is 46.5 Å². The highest BCUT2D eigenvalue weighted by molar-refractivity contribution is 5.75. The minimum Gasteiger partial charge on any atom is -0.356 e. The third-order valence-corrected chi connectivity index (χ3v) is 2.13. The maximum Gasteiger partial charge on any atom is 0.219 e. The number of nitrogens with one attached hydrogen (secondary N) is 1. The highest BCUT2D eigenvalue weighted by Crippen LogP contribution is 2.04. The van der Waals surface area contributed by atoms with Crippen LogP contribution in [-0.2, 0) is 4.79 Å². The van der Waals surface area contributed by atoms with Crippen LogP contribution in [0.4, 0.5) is 0 Å². The lowest BCUT2D eigenvalue weighted by Crippen LogP contribution is -2.24. The molecule has 1 N–H and O–H groups in total. The standard InChI is InChI=1S/C10H21NO/c1-4-6-10(12)11-8-7-9(3)5-2/h9H,4-8H2,1-3H3,(H,11,12). The molecule has 0 aliphatic rings. The van der Waals surface area contributed by atoms with Gasteiger partial charge in [-0.05, 0) is 18.8 Å². The Morgan fingerprint density at radius 1 is 1.42 bits per heavy atom. The second kappa shape index (κ2) is 7.14. The summed E-state index contributed by atoms with van der Waals surface area (Å²) >= 11 is 0. The Morgan fingerprint density at radius 3 is 2.58 bits per heavy atom. The van der Waals surface area contributed by atoms with Gasteiger partial charge in [-0.15, -0.1) is 0 Å². The summed E-state index contributed by atoms with van der Waals surface area (Å²) < 4.78 is 0. The Balaban J connectivity index is 3.24. The fourth-order valence-electron chi connectivity index (χ4n) is 0.978. The number of carbonyl (C=O) groups excluding carboxylic acids is 1. The van der Waals surface area contributed by atoms with Gasteiger partial charge in [0.2, 0.25) is 5.91 Å². The van der Waals surface area contributed by atoms with Crippen molar-refractivity contribution in [1.82, 2.24) is 5.32 Å². The first-order valence-electron chi connectivity index (χ1n) is 4.97. The predicted octanol–water partition coefficient (Wildman–Crippen LogP) is 2.34. The van der Waals surface area contributed by atoms with Gasteiger partial charge in [0.25, 0.3) is 0 Å². The lowest BCUT2D eigenvalue weighted by molar-refractivity contribution is -0.121. The van der Waals surface area contributed by atoms with Crippen LogP contribution in [0.5, 0.6) is 0 Å². The van der Waals surface area contributed by atoms with Crippen molar-refractivity contribution in [1.29, 1.82) is 0 Å². The third-order valence-electron chi connectivity index (χ3n) is 2.13. The number of amides is 1. The average molecular weight is 171 g/mol. The topological polar surface area (TPSA) is 29.1 Å². The summed E-state index contributed by atoms with van der Waals surface area (Å²) in [5.41, 5.74) is 0. The van der Waals surface area contributed by atoms with Crippen LogP contribution in [0.2, 0.25) is 0 Å². The molecule has 0 heterocycles. The normalized spacial score (nSPS) is 12.6. The Morgan fingerprint density at radius 2 is 2.08 bits per heavy atom. The van der Waals surface area contributed by atoms with Gasteiger partial charge in [0, 0.05) is 13.0 Å². The molecule has 12 heavy (non-hydrogen) atoms. The highest BCUT2D eigenvalue weighted by Gasteiger charge is 2.00. The molecular formula is C10H21NO. The van der Waals surface area contributed by atoms with Gasteiger partial charge in [0.15, 0.2) is 0 Å². The van der Waals surface area contributed by atoms with Crippen molar-refractivity contribution in [3.8, 4) is 0 Å². The fourth-order valence-corrected chi connectivity index (χ4v) is 0.978. The first-order valence-corrected chi connectivity index (χ1v) is 4.97. The van der Waals surface area contributed by atoms with Crippen molar-refractivity contribution in [3.05, 3.63) is 0 Å². The van der Waals surface area contributed by atoms with E-state index >= 15 is 0 Å². The Hall–Kier alpha value is -0.530. The van der Waals surface area contributed by atoms with Crippen LogP contribution in [0.25, 0.3) is 0 Å². The molecule has 2 nitrogen and oxygen atoms in total. The molecule has 0 aromatic heterocycles. The molecule has 2 heteroatoms. The summed E-state index contributed by atoms with van der Waals surface area (Å²) in [6, 6.07) is 0. The molecule has 0 aromatic rings. The predicted molar refractivity (Wildman–Crippen MR) is 52.0 cm³/mol. The van der Waals surface area contributed by atoms with Crippen molar-refractivity contribution in [2.75, 3.05) is 6.54 Å². The first kappa shape index (κ1) is 11.5. The van der Waals surface area contributed by atoms with Gasteiger partial charge in [0.05, 0.1) is 0 Å². The minimum absolute atomic E-state index is 0.195. The summed E-state index contributed by atoms with van der Waals surface area (Å²) in [6.45, 7) is 7.26. The average Bonchev–Trinajstić information content (AvgIpc) is 2.04. The number of carbonyl (C=O) groups is 1. The minimum atomic E-state index is 0.195. The van der Waals surface area contributed by atoms with Gasteiger partial charge in [-0.3, -0.25) is 4.79 Å². The summed E-state index contributed by atoms with van der Waals surface area (Å²) in [5.74, 6) is 0.924. The van der Waals surface area contributed by atoms with E-state index in [1.54, 1.807) is 0 Å². The van der Waals surface area contributed by atoms with Crippen LogP contribution in [0.1, 0.15) is 46.5 Å². The molecule has 1 unspecified atom stereocenters. The van der Waals surface area contributed by atoms with Gasteiger partial charge in [-0.1, -0.05) is 27.2 Å². The lowest BCUT2D eigenvalue weighted by atomic mass is 10.1. The maximum atomic E-state index is 11.0. The molecule has 0 bridgehead atoms. The monoisotopic (exact) mass is 171 g/mol. The van der Waals surface area contributed by atoms with Crippen molar-refractivity contribution < 1.29 is 4.79 Å². The van der Waals surface area contributed by atoms with E-state index in [4.69, 9.17) is 0 Å². The van der Waals surface area contributed by atoms with Crippen molar-refractivity contribution >= 4 is 5.91 Å². The Labute approximate surface area is 75.7 Å². The van der Waals surface area contributed by atoms with Gasteiger partial charge >= 0.3 is 0 Å². The second-order valence-electron chi connectivity index (χ2n) is 3.40. The second-order valence-corrected chi connectivity index (χ2v) is 3.40. The van der Waals surface area contributed by atoms with Crippen LogP contribution in [-0.4, -0.2) is 12.5 Å². The highest BCUT2D eigenvalue weighted by atomic mass is 16.1. The molecule has 0 rings (SSSR count). The van der Waals surface area contributed by atoms with E-state index in [1.807, 2.05) is 6.92 Å². The van der Waals surface area contributed by atoms with Crippen molar-refractivity contribution in [3.63, 3.8) is 0 Å². The molecule has 0 spiro atoms. The van der Waals surface area contributed by atoms with E-state index in [-0.39, 0.29) is 5.91 Å². The molecular weight excluding hydrogens is 150 g/mol. The van der Waals surface area contributed by atoms with Gasteiger partial charge in [-0.25, -0.2) is 0 Å².